The number of carbonyl (C=O) groups is 1. The fourth-order valence-electron chi connectivity index (χ4n) is 4.08. The molecule has 5 nitrogen and oxygen atoms in total. The molecule has 2 heterocycles. The zero-order chi connectivity index (χ0) is 20.1. The SMILES string of the molecule is Cc1ccc(CN2CCC(CNC(=O)CC(C)n3nc(C)cc3C)CC2)cc1. The summed E-state index contributed by atoms with van der Waals surface area (Å²) in [6, 6.07) is 11.0. The first-order valence-electron chi connectivity index (χ1n) is 10.5. The monoisotopic (exact) mass is 382 g/mol. The molecule has 1 unspecified atom stereocenters. The highest BCUT2D eigenvalue weighted by atomic mass is 16.1. The van der Waals surface area contributed by atoms with Crippen molar-refractivity contribution in [1.82, 2.24) is 20.0 Å². The lowest BCUT2D eigenvalue weighted by molar-refractivity contribution is -0.122. The van der Waals surface area contributed by atoms with Crippen molar-refractivity contribution in [3.05, 3.63) is 52.8 Å². The maximum atomic E-state index is 12.4. The van der Waals surface area contributed by atoms with Crippen LogP contribution in [0.2, 0.25) is 0 Å². The standard InChI is InChI=1S/C23H34N4O/c1-17-5-7-22(8-6-17)16-26-11-9-21(10-12-26)15-24-23(28)14-20(4)27-19(3)13-18(2)25-27/h5-8,13,20-21H,9-12,14-16H2,1-4H3,(H,24,28). The van der Waals surface area contributed by atoms with Crippen molar-refractivity contribution in [1.29, 1.82) is 0 Å². The summed E-state index contributed by atoms with van der Waals surface area (Å²) in [7, 11) is 0. The van der Waals surface area contributed by atoms with Crippen molar-refractivity contribution in [2.45, 2.75) is 59.5 Å². The Morgan fingerprint density at radius 1 is 1.18 bits per heavy atom. The number of amides is 1. The van der Waals surface area contributed by atoms with E-state index in [4.69, 9.17) is 0 Å². The summed E-state index contributed by atoms with van der Waals surface area (Å²) in [4.78, 5) is 14.9. The topological polar surface area (TPSA) is 50.2 Å². The van der Waals surface area contributed by atoms with Crippen LogP contribution in [0.5, 0.6) is 0 Å². The highest BCUT2D eigenvalue weighted by Crippen LogP contribution is 2.19. The van der Waals surface area contributed by atoms with E-state index in [-0.39, 0.29) is 11.9 Å². The van der Waals surface area contributed by atoms with Gasteiger partial charge in [-0.15, -0.1) is 0 Å². The average molecular weight is 383 g/mol. The van der Waals surface area contributed by atoms with Gasteiger partial charge in [0.15, 0.2) is 0 Å². The third kappa shape index (κ3) is 5.68. The Kier molecular flexibility index (Phi) is 6.89. The van der Waals surface area contributed by atoms with Crippen molar-refractivity contribution >= 4 is 5.91 Å². The number of aryl methyl sites for hydroxylation is 3. The van der Waals surface area contributed by atoms with Gasteiger partial charge in [0.1, 0.15) is 0 Å². The second-order valence-electron chi connectivity index (χ2n) is 8.43. The molecule has 0 aliphatic carbocycles. The van der Waals surface area contributed by atoms with E-state index in [0.29, 0.717) is 12.3 Å². The number of rotatable bonds is 7. The van der Waals surface area contributed by atoms with Gasteiger partial charge in [-0.2, -0.15) is 5.10 Å². The van der Waals surface area contributed by atoms with Crippen molar-refractivity contribution in [2.24, 2.45) is 5.92 Å². The van der Waals surface area contributed by atoms with E-state index < -0.39 is 0 Å². The van der Waals surface area contributed by atoms with Crippen LogP contribution in [0.3, 0.4) is 0 Å². The van der Waals surface area contributed by atoms with E-state index in [0.717, 1.165) is 50.4 Å². The lowest BCUT2D eigenvalue weighted by Crippen LogP contribution is -2.38. The normalized spacial score (nSPS) is 16.9. The summed E-state index contributed by atoms with van der Waals surface area (Å²) >= 11 is 0. The molecule has 1 aromatic heterocycles. The Morgan fingerprint density at radius 3 is 2.46 bits per heavy atom. The van der Waals surface area contributed by atoms with E-state index in [1.165, 1.54) is 11.1 Å². The van der Waals surface area contributed by atoms with E-state index >= 15 is 0 Å². The molecule has 1 amide bonds. The van der Waals surface area contributed by atoms with Crippen LogP contribution in [0.1, 0.15) is 54.7 Å². The van der Waals surface area contributed by atoms with Gasteiger partial charge in [-0.1, -0.05) is 29.8 Å². The predicted molar refractivity (Wildman–Crippen MR) is 113 cm³/mol. The van der Waals surface area contributed by atoms with Gasteiger partial charge in [-0.3, -0.25) is 14.4 Å². The number of nitrogens with one attached hydrogen (secondary N) is 1. The molecule has 0 saturated carbocycles. The smallest absolute Gasteiger partial charge is 0.222 e. The Balaban J connectivity index is 1.37. The Bertz CT molecular complexity index is 772. The molecule has 0 spiro atoms. The van der Waals surface area contributed by atoms with Crippen LogP contribution in [-0.4, -0.2) is 40.2 Å². The largest absolute Gasteiger partial charge is 0.356 e. The maximum Gasteiger partial charge on any atom is 0.222 e. The molecule has 1 aromatic carbocycles. The number of benzene rings is 1. The van der Waals surface area contributed by atoms with Crippen LogP contribution < -0.4 is 5.32 Å². The molecule has 0 radical (unpaired) electrons. The van der Waals surface area contributed by atoms with Gasteiger partial charge in [0, 0.05) is 25.2 Å². The molecule has 1 atom stereocenters. The first-order chi connectivity index (χ1) is 13.4. The molecule has 2 aromatic rings. The van der Waals surface area contributed by atoms with Crippen LogP contribution in [0.4, 0.5) is 0 Å². The molecular formula is C23H34N4O. The lowest BCUT2D eigenvalue weighted by Gasteiger charge is -2.32. The third-order valence-electron chi connectivity index (χ3n) is 5.76. The van der Waals surface area contributed by atoms with Gasteiger partial charge in [-0.25, -0.2) is 0 Å². The first-order valence-corrected chi connectivity index (χ1v) is 10.5. The molecule has 0 bridgehead atoms. The quantitative estimate of drug-likeness (QED) is 0.793. The summed E-state index contributed by atoms with van der Waals surface area (Å²) < 4.78 is 1.96. The highest BCUT2D eigenvalue weighted by molar-refractivity contribution is 5.76. The minimum Gasteiger partial charge on any atom is -0.356 e. The van der Waals surface area contributed by atoms with Crippen molar-refractivity contribution in [3.8, 4) is 0 Å². The van der Waals surface area contributed by atoms with Gasteiger partial charge in [0.05, 0.1) is 11.7 Å². The molecule has 1 N–H and O–H groups in total. The molecule has 152 valence electrons. The fourth-order valence-corrected chi connectivity index (χ4v) is 4.08. The predicted octanol–water partition coefficient (Wildman–Crippen LogP) is 3.79. The Morgan fingerprint density at radius 2 is 1.86 bits per heavy atom. The lowest BCUT2D eigenvalue weighted by atomic mass is 9.96. The minimum atomic E-state index is 0.0880. The van der Waals surface area contributed by atoms with Crippen LogP contribution in [-0.2, 0) is 11.3 Å². The Hall–Kier alpha value is -2.14. The average Bonchev–Trinajstić information content (AvgIpc) is 3.01. The van der Waals surface area contributed by atoms with Crippen LogP contribution in [0.15, 0.2) is 30.3 Å². The Labute approximate surface area is 169 Å². The third-order valence-corrected chi connectivity index (χ3v) is 5.76. The van der Waals surface area contributed by atoms with Gasteiger partial charge in [0.25, 0.3) is 0 Å². The number of nitrogens with zero attached hydrogens (tertiary/aromatic N) is 3. The van der Waals surface area contributed by atoms with Gasteiger partial charge in [-0.05, 0) is 71.2 Å². The molecule has 28 heavy (non-hydrogen) atoms. The van der Waals surface area contributed by atoms with Crippen LogP contribution >= 0.6 is 0 Å². The van der Waals surface area contributed by atoms with Crippen molar-refractivity contribution in [3.63, 3.8) is 0 Å². The summed E-state index contributed by atoms with van der Waals surface area (Å²) in [6.07, 6.45) is 2.78. The molecule has 5 heteroatoms. The van der Waals surface area contributed by atoms with E-state index in [1.54, 1.807) is 0 Å². The minimum absolute atomic E-state index is 0.0880. The molecule has 1 saturated heterocycles. The number of piperidine rings is 1. The van der Waals surface area contributed by atoms with E-state index in [9.17, 15) is 4.79 Å². The van der Waals surface area contributed by atoms with Crippen LogP contribution in [0.25, 0.3) is 0 Å². The maximum absolute atomic E-state index is 12.4. The van der Waals surface area contributed by atoms with Crippen molar-refractivity contribution < 1.29 is 4.79 Å². The van der Waals surface area contributed by atoms with E-state index in [1.807, 2.05) is 18.5 Å². The summed E-state index contributed by atoms with van der Waals surface area (Å²) in [5.74, 6) is 0.712. The first kappa shape index (κ1) is 20.6. The number of aromatic nitrogens is 2. The number of carbonyl (C=O) groups excluding carboxylic acids is 1. The molecule has 1 aliphatic heterocycles. The molecule has 1 aliphatic rings. The summed E-state index contributed by atoms with van der Waals surface area (Å²) in [6.45, 7) is 12.2. The van der Waals surface area contributed by atoms with Gasteiger partial charge < -0.3 is 5.32 Å². The zero-order valence-corrected chi connectivity index (χ0v) is 17.7. The second kappa shape index (κ2) is 9.37. The molecular weight excluding hydrogens is 348 g/mol. The van der Waals surface area contributed by atoms with Gasteiger partial charge >= 0.3 is 0 Å². The molecule has 3 rings (SSSR count). The zero-order valence-electron chi connectivity index (χ0n) is 17.7. The summed E-state index contributed by atoms with van der Waals surface area (Å²) in [5, 5.41) is 7.64. The molecule has 1 fully saturated rings. The highest BCUT2D eigenvalue weighted by Gasteiger charge is 2.20. The number of hydrogen-bond donors (Lipinski definition) is 1. The number of hydrogen-bond acceptors (Lipinski definition) is 3. The van der Waals surface area contributed by atoms with Crippen LogP contribution in [0, 0.1) is 26.7 Å². The van der Waals surface area contributed by atoms with Gasteiger partial charge in [0.2, 0.25) is 5.91 Å². The fraction of sp³-hybridized carbons (Fsp3) is 0.565. The summed E-state index contributed by atoms with van der Waals surface area (Å²) in [5.41, 5.74) is 4.81. The van der Waals surface area contributed by atoms with E-state index in [2.05, 4.69) is 59.5 Å². The van der Waals surface area contributed by atoms with Crippen molar-refractivity contribution in [2.75, 3.05) is 19.6 Å². The second-order valence-corrected chi connectivity index (χ2v) is 8.43. The number of likely N-dealkylation sites (tertiary alicyclic amines) is 1.